The molecule has 26 heavy (non-hydrogen) atoms. The average Bonchev–Trinajstić information content (AvgIpc) is 3.10. The van der Waals surface area contributed by atoms with Gasteiger partial charge in [0.05, 0.1) is 12.8 Å². The molecule has 0 saturated heterocycles. The first-order valence-corrected chi connectivity index (χ1v) is 8.58. The number of nitrogens with zero attached hydrogens (tertiary/aromatic N) is 1. The second-order valence-corrected chi connectivity index (χ2v) is 6.37. The summed E-state index contributed by atoms with van der Waals surface area (Å²) in [5.74, 6) is 2.34. The molecule has 0 saturated carbocycles. The summed E-state index contributed by atoms with van der Waals surface area (Å²) in [6.45, 7) is 5.22. The van der Waals surface area contributed by atoms with Crippen LogP contribution in [0, 0.1) is 5.92 Å². The number of benzene rings is 2. The molecule has 0 unspecified atom stereocenters. The summed E-state index contributed by atoms with van der Waals surface area (Å²) in [7, 11) is 0. The normalized spacial score (nSPS) is 12.6. The minimum Gasteiger partial charge on any atom is -0.494 e. The van der Waals surface area contributed by atoms with E-state index in [9.17, 15) is 4.79 Å². The minimum absolute atomic E-state index is 0.176. The second-order valence-electron chi connectivity index (χ2n) is 6.37. The number of carbonyl (C=O) groups is 1. The zero-order valence-corrected chi connectivity index (χ0v) is 14.9. The lowest BCUT2D eigenvalue weighted by Gasteiger charge is -2.07. The second kappa shape index (κ2) is 8.38. The first kappa shape index (κ1) is 17.8. The van der Waals surface area contributed by atoms with Crippen LogP contribution in [0.4, 0.5) is 0 Å². The van der Waals surface area contributed by atoms with E-state index in [-0.39, 0.29) is 12.7 Å². The molecule has 1 N–H and O–H groups in total. The Bertz CT molecular complexity index is 785. The molecule has 3 rings (SSSR count). The Kier molecular flexibility index (Phi) is 5.73. The highest BCUT2D eigenvalue weighted by Crippen LogP contribution is 2.32. The van der Waals surface area contributed by atoms with Gasteiger partial charge in [0, 0.05) is 5.56 Å². The van der Waals surface area contributed by atoms with Gasteiger partial charge in [-0.3, -0.25) is 4.79 Å². The van der Waals surface area contributed by atoms with Gasteiger partial charge in [-0.25, -0.2) is 5.43 Å². The van der Waals surface area contributed by atoms with Crippen LogP contribution in [-0.4, -0.2) is 25.5 Å². The molecule has 136 valence electrons. The van der Waals surface area contributed by atoms with Gasteiger partial charge in [-0.2, -0.15) is 5.10 Å². The number of fused-ring (bicyclic) bond motifs is 1. The van der Waals surface area contributed by atoms with Crippen molar-refractivity contribution >= 4 is 12.1 Å². The van der Waals surface area contributed by atoms with E-state index in [0.717, 1.165) is 17.7 Å². The lowest BCUT2D eigenvalue weighted by atomic mass is 10.1. The maximum Gasteiger partial charge on any atom is 0.271 e. The maximum absolute atomic E-state index is 12.1. The third kappa shape index (κ3) is 4.75. The molecule has 0 aliphatic carbocycles. The summed E-state index contributed by atoms with van der Waals surface area (Å²) in [4.78, 5) is 12.1. The van der Waals surface area contributed by atoms with E-state index in [1.165, 1.54) is 0 Å². The number of carbonyl (C=O) groups excluding carboxylic acids is 1. The summed E-state index contributed by atoms with van der Waals surface area (Å²) < 4.78 is 16.2. The zero-order valence-electron chi connectivity index (χ0n) is 14.9. The van der Waals surface area contributed by atoms with Gasteiger partial charge < -0.3 is 14.2 Å². The fourth-order valence-corrected chi connectivity index (χ4v) is 2.33. The third-order valence-electron chi connectivity index (χ3n) is 3.86. The largest absolute Gasteiger partial charge is 0.494 e. The van der Waals surface area contributed by atoms with E-state index in [4.69, 9.17) is 14.2 Å². The lowest BCUT2D eigenvalue weighted by molar-refractivity contribution is 0.0954. The van der Waals surface area contributed by atoms with Crippen molar-refractivity contribution in [1.29, 1.82) is 0 Å². The van der Waals surface area contributed by atoms with Crippen molar-refractivity contribution in [3.8, 4) is 17.2 Å². The molecule has 0 fully saturated rings. The van der Waals surface area contributed by atoms with Crippen LogP contribution >= 0.6 is 0 Å². The Labute approximate surface area is 152 Å². The van der Waals surface area contributed by atoms with Crippen molar-refractivity contribution < 1.29 is 19.0 Å². The highest BCUT2D eigenvalue weighted by molar-refractivity contribution is 5.95. The molecule has 1 aliphatic rings. The summed E-state index contributed by atoms with van der Waals surface area (Å²) in [6.07, 6.45) is 2.61. The van der Waals surface area contributed by atoms with Crippen LogP contribution in [-0.2, 0) is 0 Å². The van der Waals surface area contributed by atoms with Crippen molar-refractivity contribution in [2.24, 2.45) is 11.0 Å². The Morgan fingerprint density at radius 2 is 1.96 bits per heavy atom. The number of amides is 1. The summed E-state index contributed by atoms with van der Waals surface area (Å²) in [5, 5.41) is 3.99. The Morgan fingerprint density at radius 3 is 2.73 bits per heavy atom. The molecule has 1 amide bonds. The van der Waals surface area contributed by atoms with Gasteiger partial charge in [-0.15, -0.1) is 0 Å². The van der Waals surface area contributed by atoms with Gasteiger partial charge in [0.15, 0.2) is 11.5 Å². The van der Waals surface area contributed by atoms with Crippen LogP contribution in [0.2, 0.25) is 0 Å². The Balaban J connectivity index is 1.51. The number of ether oxygens (including phenoxy) is 3. The molecule has 2 aromatic carbocycles. The molecule has 2 aromatic rings. The lowest BCUT2D eigenvalue weighted by Crippen LogP contribution is -2.17. The van der Waals surface area contributed by atoms with Crippen molar-refractivity contribution in [2.75, 3.05) is 13.4 Å². The summed E-state index contributed by atoms with van der Waals surface area (Å²) >= 11 is 0. The first-order chi connectivity index (χ1) is 12.6. The van der Waals surface area contributed by atoms with Crippen molar-refractivity contribution in [3.05, 3.63) is 53.6 Å². The number of rotatable bonds is 7. The number of hydrogen-bond acceptors (Lipinski definition) is 5. The van der Waals surface area contributed by atoms with E-state index in [2.05, 4.69) is 24.4 Å². The smallest absolute Gasteiger partial charge is 0.271 e. The molecule has 0 aromatic heterocycles. The van der Waals surface area contributed by atoms with Gasteiger partial charge in [0.2, 0.25) is 6.79 Å². The third-order valence-corrected chi connectivity index (χ3v) is 3.86. The molecule has 1 heterocycles. The molecule has 0 atom stereocenters. The van der Waals surface area contributed by atoms with E-state index in [1.807, 2.05) is 24.3 Å². The standard InChI is InChI=1S/C20H22N2O4/c1-14(2)9-10-24-17-6-3-15(4-7-17)12-21-22-20(23)16-5-8-18-19(11-16)26-13-25-18/h3-8,11-12,14H,9-10,13H2,1-2H3,(H,22,23)/b21-12-. The molecule has 1 aliphatic heterocycles. The van der Waals surface area contributed by atoms with E-state index < -0.39 is 0 Å². The maximum atomic E-state index is 12.1. The number of hydrazone groups is 1. The Morgan fingerprint density at radius 1 is 1.19 bits per heavy atom. The molecule has 0 spiro atoms. The van der Waals surface area contributed by atoms with Crippen molar-refractivity contribution in [2.45, 2.75) is 20.3 Å². The van der Waals surface area contributed by atoms with Gasteiger partial charge in [-0.05, 0) is 60.4 Å². The SMILES string of the molecule is CC(C)CCOc1ccc(/C=N\NC(=O)c2ccc3c(c2)OCO3)cc1. The predicted molar refractivity (Wildman–Crippen MR) is 99.0 cm³/mol. The van der Waals surface area contributed by atoms with Crippen LogP contribution < -0.4 is 19.6 Å². The van der Waals surface area contributed by atoms with Crippen molar-refractivity contribution in [1.82, 2.24) is 5.43 Å². The quantitative estimate of drug-likeness (QED) is 0.609. The summed E-state index contributed by atoms with van der Waals surface area (Å²) in [5.41, 5.74) is 3.83. The fourth-order valence-electron chi connectivity index (χ4n) is 2.33. The van der Waals surface area contributed by atoms with Crippen LogP contribution in [0.25, 0.3) is 0 Å². The summed E-state index contributed by atoms with van der Waals surface area (Å²) in [6, 6.07) is 12.6. The van der Waals surface area contributed by atoms with E-state index in [0.29, 0.717) is 29.6 Å². The minimum atomic E-state index is -0.312. The molecule has 0 radical (unpaired) electrons. The fraction of sp³-hybridized carbons (Fsp3) is 0.300. The first-order valence-electron chi connectivity index (χ1n) is 8.58. The molecular weight excluding hydrogens is 332 g/mol. The molecule has 0 bridgehead atoms. The van der Waals surface area contributed by atoms with E-state index in [1.54, 1.807) is 24.4 Å². The van der Waals surface area contributed by atoms with Crippen LogP contribution in [0.5, 0.6) is 17.2 Å². The number of hydrogen-bond donors (Lipinski definition) is 1. The van der Waals surface area contributed by atoms with Crippen LogP contribution in [0.3, 0.4) is 0 Å². The monoisotopic (exact) mass is 354 g/mol. The predicted octanol–water partition coefficient (Wildman–Crippen LogP) is 3.60. The molecule has 6 heteroatoms. The van der Waals surface area contributed by atoms with Crippen molar-refractivity contribution in [3.63, 3.8) is 0 Å². The zero-order chi connectivity index (χ0) is 18.4. The van der Waals surface area contributed by atoms with Crippen LogP contribution in [0.1, 0.15) is 36.2 Å². The number of nitrogens with one attached hydrogen (secondary N) is 1. The highest BCUT2D eigenvalue weighted by atomic mass is 16.7. The molecule has 6 nitrogen and oxygen atoms in total. The van der Waals surface area contributed by atoms with Gasteiger partial charge >= 0.3 is 0 Å². The van der Waals surface area contributed by atoms with Crippen LogP contribution in [0.15, 0.2) is 47.6 Å². The highest BCUT2D eigenvalue weighted by Gasteiger charge is 2.15. The Hall–Kier alpha value is -3.02. The van der Waals surface area contributed by atoms with Gasteiger partial charge in [0.1, 0.15) is 5.75 Å². The van der Waals surface area contributed by atoms with E-state index >= 15 is 0 Å². The van der Waals surface area contributed by atoms with Gasteiger partial charge in [-0.1, -0.05) is 13.8 Å². The topological polar surface area (TPSA) is 69.2 Å². The molecular formula is C20H22N2O4. The average molecular weight is 354 g/mol. The van der Waals surface area contributed by atoms with Gasteiger partial charge in [0.25, 0.3) is 5.91 Å².